The molecule has 2 saturated heterocycles. The summed E-state index contributed by atoms with van der Waals surface area (Å²) >= 11 is 0. The highest BCUT2D eigenvalue weighted by Crippen LogP contribution is 2.34. The molecular formula is C28H31N7O. The summed E-state index contributed by atoms with van der Waals surface area (Å²) in [6, 6.07) is 12.4. The summed E-state index contributed by atoms with van der Waals surface area (Å²) in [4.78, 5) is 23.0. The number of aryl methyl sites for hydroxylation is 2. The van der Waals surface area contributed by atoms with Gasteiger partial charge in [0.1, 0.15) is 5.82 Å². The van der Waals surface area contributed by atoms with Crippen molar-refractivity contribution in [3.63, 3.8) is 0 Å². The second-order valence-electron chi connectivity index (χ2n) is 10.4. The highest BCUT2D eigenvalue weighted by atomic mass is 16.2. The van der Waals surface area contributed by atoms with Gasteiger partial charge in [-0.2, -0.15) is 10.4 Å². The highest BCUT2D eigenvalue weighted by molar-refractivity contribution is 6.06. The molecule has 3 atom stereocenters. The lowest BCUT2D eigenvalue weighted by molar-refractivity contribution is 0.0608. The standard InChI is InChI=1S/C28H31N7O/c1-18-15-33(17-20(18)14-29)27-19(2)16-35-26(30-27)13-23(31-35)25-8-4-5-11-34(25)28(36)22-7-6-9-24-21(22)10-12-32(24)3/h6-7,9-10,12-13,16,18,20,25H,4-5,8,11,15,17H2,1-3H3/t18-,20+,25-/m0/s1. The average Bonchev–Trinajstić information content (AvgIpc) is 3.59. The predicted molar refractivity (Wildman–Crippen MR) is 139 cm³/mol. The van der Waals surface area contributed by atoms with Crippen LogP contribution in [0.25, 0.3) is 16.6 Å². The largest absolute Gasteiger partial charge is 0.355 e. The van der Waals surface area contributed by atoms with Gasteiger partial charge in [-0.1, -0.05) is 13.0 Å². The number of hydrogen-bond acceptors (Lipinski definition) is 5. The SMILES string of the molecule is Cc1cn2nc([C@@H]3CCCCN3C(=O)c3cccc4c3ccn4C)cc2nc1N1C[C@@H](C#N)[C@@H](C)C1. The smallest absolute Gasteiger partial charge is 0.255 e. The molecule has 6 rings (SSSR count). The van der Waals surface area contributed by atoms with Gasteiger partial charge >= 0.3 is 0 Å². The second kappa shape index (κ2) is 8.66. The zero-order valence-corrected chi connectivity index (χ0v) is 21.1. The normalized spacial score (nSPS) is 22.4. The van der Waals surface area contributed by atoms with E-state index >= 15 is 0 Å². The van der Waals surface area contributed by atoms with Gasteiger partial charge in [-0.3, -0.25) is 4.79 Å². The van der Waals surface area contributed by atoms with Crippen LogP contribution >= 0.6 is 0 Å². The maximum Gasteiger partial charge on any atom is 0.255 e. The van der Waals surface area contributed by atoms with Gasteiger partial charge in [0, 0.05) is 67.2 Å². The Labute approximate surface area is 210 Å². The van der Waals surface area contributed by atoms with Gasteiger partial charge < -0.3 is 14.4 Å². The molecule has 2 fully saturated rings. The molecule has 0 aliphatic carbocycles. The van der Waals surface area contributed by atoms with E-state index in [0.717, 1.165) is 71.5 Å². The molecule has 0 N–H and O–H groups in total. The molecule has 0 unspecified atom stereocenters. The molecule has 5 heterocycles. The number of nitrogens with zero attached hydrogens (tertiary/aromatic N) is 7. The summed E-state index contributed by atoms with van der Waals surface area (Å²) in [5, 5.41) is 15.3. The summed E-state index contributed by atoms with van der Waals surface area (Å²) in [5.41, 5.74) is 4.51. The molecule has 3 aromatic heterocycles. The van der Waals surface area contributed by atoms with Crippen molar-refractivity contribution in [1.29, 1.82) is 5.26 Å². The van der Waals surface area contributed by atoms with E-state index in [1.807, 2.05) is 70.7 Å². The average molecular weight is 482 g/mol. The van der Waals surface area contributed by atoms with Crippen LogP contribution in [-0.4, -0.2) is 49.6 Å². The molecule has 4 aromatic rings. The second-order valence-corrected chi connectivity index (χ2v) is 10.4. The fourth-order valence-electron chi connectivity index (χ4n) is 5.94. The third-order valence-corrected chi connectivity index (χ3v) is 7.97. The Hall–Kier alpha value is -3.86. The molecule has 1 amide bonds. The maximum atomic E-state index is 13.8. The monoisotopic (exact) mass is 481 g/mol. The number of piperidine rings is 1. The van der Waals surface area contributed by atoms with Crippen LogP contribution in [0.5, 0.6) is 0 Å². The Morgan fingerprint density at radius 2 is 2.06 bits per heavy atom. The minimum Gasteiger partial charge on any atom is -0.355 e. The van der Waals surface area contributed by atoms with E-state index in [1.165, 1.54) is 0 Å². The Balaban J connectivity index is 1.34. The predicted octanol–water partition coefficient (Wildman–Crippen LogP) is 4.49. The Morgan fingerprint density at radius 1 is 1.19 bits per heavy atom. The summed E-state index contributed by atoms with van der Waals surface area (Å²) in [6.07, 6.45) is 6.97. The van der Waals surface area contributed by atoms with E-state index in [4.69, 9.17) is 10.1 Å². The Morgan fingerprint density at radius 3 is 2.86 bits per heavy atom. The minimum absolute atomic E-state index is 0.0266. The van der Waals surface area contributed by atoms with Crippen molar-refractivity contribution in [2.45, 2.75) is 39.2 Å². The number of likely N-dealkylation sites (tertiary alicyclic amines) is 1. The molecular weight excluding hydrogens is 450 g/mol. The number of amides is 1. The topological polar surface area (TPSA) is 82.5 Å². The first-order chi connectivity index (χ1) is 17.4. The quantitative estimate of drug-likeness (QED) is 0.431. The molecule has 2 aliphatic heterocycles. The zero-order chi connectivity index (χ0) is 25.0. The number of anilines is 1. The molecule has 0 radical (unpaired) electrons. The van der Waals surface area contributed by atoms with Crippen molar-refractivity contribution in [1.82, 2.24) is 24.1 Å². The summed E-state index contributed by atoms with van der Waals surface area (Å²) < 4.78 is 3.89. The first-order valence-electron chi connectivity index (χ1n) is 12.8. The van der Waals surface area contributed by atoms with Gasteiger partial charge in [-0.15, -0.1) is 0 Å². The van der Waals surface area contributed by atoms with Crippen molar-refractivity contribution >= 4 is 28.3 Å². The van der Waals surface area contributed by atoms with Gasteiger partial charge in [0.05, 0.1) is 23.7 Å². The molecule has 8 nitrogen and oxygen atoms in total. The highest BCUT2D eigenvalue weighted by Gasteiger charge is 2.33. The van der Waals surface area contributed by atoms with Crippen molar-refractivity contribution < 1.29 is 4.79 Å². The number of benzene rings is 1. The van der Waals surface area contributed by atoms with Crippen LogP contribution in [-0.2, 0) is 7.05 Å². The lowest BCUT2D eigenvalue weighted by Crippen LogP contribution is -2.38. The molecule has 0 bridgehead atoms. The van der Waals surface area contributed by atoms with E-state index < -0.39 is 0 Å². The van der Waals surface area contributed by atoms with Crippen LogP contribution in [0.3, 0.4) is 0 Å². The van der Waals surface area contributed by atoms with E-state index in [0.29, 0.717) is 12.5 Å². The van der Waals surface area contributed by atoms with Gasteiger partial charge in [0.2, 0.25) is 0 Å². The van der Waals surface area contributed by atoms with Crippen molar-refractivity contribution in [2.24, 2.45) is 18.9 Å². The Kier molecular flexibility index (Phi) is 5.44. The fraction of sp³-hybridized carbons (Fsp3) is 0.429. The first kappa shape index (κ1) is 22.6. The number of carbonyl (C=O) groups excluding carboxylic acids is 1. The van der Waals surface area contributed by atoms with Gasteiger partial charge in [0.15, 0.2) is 5.65 Å². The number of nitriles is 1. The summed E-state index contributed by atoms with van der Waals surface area (Å²) in [5.74, 6) is 1.33. The van der Waals surface area contributed by atoms with Crippen LogP contribution in [0.4, 0.5) is 5.82 Å². The molecule has 0 saturated carbocycles. The molecule has 8 heteroatoms. The molecule has 2 aliphatic rings. The number of hydrogen-bond donors (Lipinski definition) is 0. The van der Waals surface area contributed by atoms with Gasteiger partial charge in [0.25, 0.3) is 5.91 Å². The number of fused-ring (bicyclic) bond motifs is 2. The maximum absolute atomic E-state index is 13.8. The van der Waals surface area contributed by atoms with Crippen LogP contribution in [0, 0.1) is 30.1 Å². The first-order valence-corrected chi connectivity index (χ1v) is 12.8. The van der Waals surface area contributed by atoms with Crippen molar-refractivity contribution in [2.75, 3.05) is 24.5 Å². The lowest BCUT2D eigenvalue weighted by Gasteiger charge is -2.35. The summed E-state index contributed by atoms with van der Waals surface area (Å²) in [6.45, 7) is 6.44. The van der Waals surface area contributed by atoms with Crippen molar-refractivity contribution in [3.8, 4) is 6.07 Å². The van der Waals surface area contributed by atoms with Crippen LogP contribution in [0.2, 0.25) is 0 Å². The summed E-state index contributed by atoms with van der Waals surface area (Å²) in [7, 11) is 2.00. The van der Waals surface area contributed by atoms with E-state index in [2.05, 4.69) is 17.9 Å². The molecule has 184 valence electrons. The van der Waals surface area contributed by atoms with Gasteiger partial charge in [-0.05, 0) is 50.3 Å². The minimum atomic E-state index is -0.0783. The number of carbonyl (C=O) groups is 1. The fourth-order valence-corrected chi connectivity index (χ4v) is 5.94. The number of aromatic nitrogens is 4. The van der Waals surface area contributed by atoms with Crippen LogP contribution < -0.4 is 4.90 Å². The number of rotatable bonds is 3. The van der Waals surface area contributed by atoms with E-state index in [9.17, 15) is 10.1 Å². The third kappa shape index (κ3) is 3.62. The lowest BCUT2D eigenvalue weighted by atomic mass is 9.97. The Bertz CT molecular complexity index is 1510. The van der Waals surface area contributed by atoms with Crippen LogP contribution in [0.1, 0.15) is 53.8 Å². The van der Waals surface area contributed by atoms with E-state index in [-0.39, 0.29) is 17.9 Å². The zero-order valence-electron chi connectivity index (χ0n) is 21.1. The molecule has 1 aromatic carbocycles. The molecule has 0 spiro atoms. The van der Waals surface area contributed by atoms with Crippen molar-refractivity contribution in [3.05, 3.63) is 59.5 Å². The van der Waals surface area contributed by atoms with Crippen LogP contribution in [0.15, 0.2) is 42.7 Å². The van der Waals surface area contributed by atoms with Gasteiger partial charge in [-0.25, -0.2) is 9.50 Å². The molecule has 36 heavy (non-hydrogen) atoms. The third-order valence-electron chi connectivity index (χ3n) is 7.97. The van der Waals surface area contributed by atoms with E-state index in [1.54, 1.807) is 0 Å².